The highest BCUT2D eigenvalue weighted by molar-refractivity contribution is 5.90. The summed E-state index contributed by atoms with van der Waals surface area (Å²) in [6.45, 7) is 0. The van der Waals surface area contributed by atoms with E-state index in [0.29, 0.717) is 0 Å². The number of carboxylic acids is 1. The molecule has 0 fully saturated rings. The number of nitrogens with zero attached hydrogens (tertiary/aromatic N) is 1. The molecule has 0 aliphatic carbocycles. The fraction of sp³-hybridized carbons (Fsp3) is 0. The van der Waals surface area contributed by atoms with Crippen molar-refractivity contribution in [3.63, 3.8) is 0 Å². The van der Waals surface area contributed by atoms with E-state index in [2.05, 4.69) is 4.98 Å². The second kappa shape index (κ2) is 2.45. The van der Waals surface area contributed by atoms with E-state index in [9.17, 15) is 4.79 Å². The van der Waals surface area contributed by atoms with Gasteiger partial charge in [-0.2, -0.15) is 0 Å². The topological polar surface area (TPSA) is 90.7 Å². The van der Waals surface area contributed by atoms with Gasteiger partial charge in [-0.1, -0.05) is 0 Å². The average Bonchev–Trinajstić information content (AvgIpc) is 1.94. The Hall–Kier alpha value is -1.78. The third kappa shape index (κ3) is 1.37. The molecule has 0 radical (unpaired) electrons. The summed E-state index contributed by atoms with van der Waals surface area (Å²) in [5, 5.41) is 25.9. The predicted molar refractivity (Wildman–Crippen MR) is 34.5 cm³/mol. The van der Waals surface area contributed by atoms with E-state index in [-0.39, 0.29) is 5.56 Å². The summed E-state index contributed by atoms with van der Waals surface area (Å²) in [5.74, 6) is -2.20. The first-order chi connectivity index (χ1) is 5.11. The number of aromatic carboxylic acids is 1. The quantitative estimate of drug-likeness (QED) is 0.538. The van der Waals surface area contributed by atoms with Crippen molar-refractivity contribution in [1.82, 2.24) is 4.98 Å². The largest absolute Gasteiger partial charge is 0.505 e. The van der Waals surface area contributed by atoms with Crippen LogP contribution in [0.15, 0.2) is 12.3 Å². The highest BCUT2D eigenvalue weighted by atomic mass is 16.4. The smallest absolute Gasteiger partial charge is 0.339 e. The summed E-state index contributed by atoms with van der Waals surface area (Å²) in [5.41, 5.74) is -0.363. The Morgan fingerprint density at radius 3 is 2.55 bits per heavy atom. The summed E-state index contributed by atoms with van der Waals surface area (Å²) >= 11 is 0. The minimum Gasteiger partial charge on any atom is -0.505 e. The molecule has 0 aliphatic heterocycles. The molecular weight excluding hydrogens is 150 g/mol. The van der Waals surface area contributed by atoms with Crippen LogP contribution in [0.4, 0.5) is 0 Å². The number of aromatic hydroxyl groups is 2. The first kappa shape index (κ1) is 7.33. The van der Waals surface area contributed by atoms with Crippen molar-refractivity contribution in [2.75, 3.05) is 0 Å². The molecule has 0 bridgehead atoms. The van der Waals surface area contributed by atoms with E-state index in [1.807, 2.05) is 0 Å². The van der Waals surface area contributed by atoms with E-state index < -0.39 is 17.6 Å². The van der Waals surface area contributed by atoms with Crippen molar-refractivity contribution in [3.8, 4) is 11.6 Å². The Balaban J connectivity index is 3.23. The number of hydrogen-bond donors (Lipinski definition) is 3. The Morgan fingerprint density at radius 2 is 2.09 bits per heavy atom. The minimum atomic E-state index is -1.31. The molecule has 0 spiro atoms. The van der Waals surface area contributed by atoms with Gasteiger partial charge < -0.3 is 15.3 Å². The zero-order valence-electron chi connectivity index (χ0n) is 5.35. The molecule has 0 aliphatic rings. The second-order valence-corrected chi connectivity index (χ2v) is 1.86. The lowest BCUT2D eigenvalue weighted by molar-refractivity contribution is 0.0693. The molecule has 58 valence electrons. The zero-order valence-corrected chi connectivity index (χ0v) is 5.35. The van der Waals surface area contributed by atoms with Crippen LogP contribution in [0.25, 0.3) is 0 Å². The van der Waals surface area contributed by atoms with Crippen LogP contribution in [0.3, 0.4) is 0 Å². The lowest BCUT2D eigenvalue weighted by atomic mass is 10.2. The maximum atomic E-state index is 10.3. The van der Waals surface area contributed by atoms with E-state index in [1.165, 1.54) is 0 Å². The Bertz CT molecular complexity index is 297. The predicted octanol–water partition coefficient (Wildman–Crippen LogP) is 0.191. The van der Waals surface area contributed by atoms with Gasteiger partial charge in [-0.15, -0.1) is 0 Å². The van der Waals surface area contributed by atoms with Crippen LogP contribution in [-0.4, -0.2) is 26.3 Å². The summed E-state index contributed by atoms with van der Waals surface area (Å²) in [6.07, 6.45) is 0.874. The summed E-state index contributed by atoms with van der Waals surface area (Å²) in [7, 11) is 0. The molecule has 0 saturated heterocycles. The van der Waals surface area contributed by atoms with Gasteiger partial charge in [0, 0.05) is 6.07 Å². The Kier molecular flexibility index (Phi) is 1.63. The molecule has 0 unspecified atom stereocenters. The molecule has 1 aromatic heterocycles. The number of carbonyl (C=O) groups is 1. The van der Waals surface area contributed by atoms with Crippen LogP contribution < -0.4 is 0 Å². The fourth-order valence-electron chi connectivity index (χ4n) is 0.608. The standard InChI is InChI=1S/C6H5NO4/c8-4-2-7-5(9)1-3(4)6(10)11/h1-2,8H,(H,7,9)(H,10,11). The van der Waals surface area contributed by atoms with Gasteiger partial charge in [0.25, 0.3) is 0 Å². The number of pyridine rings is 1. The molecule has 11 heavy (non-hydrogen) atoms. The molecular formula is C6H5NO4. The molecule has 1 rings (SSSR count). The summed E-state index contributed by atoms with van der Waals surface area (Å²) < 4.78 is 0. The third-order valence-electron chi connectivity index (χ3n) is 1.10. The summed E-state index contributed by atoms with van der Waals surface area (Å²) in [4.78, 5) is 13.5. The third-order valence-corrected chi connectivity index (χ3v) is 1.10. The molecule has 3 N–H and O–H groups in total. The van der Waals surface area contributed by atoms with Gasteiger partial charge in [0.15, 0.2) is 0 Å². The first-order valence-corrected chi connectivity index (χ1v) is 2.72. The number of rotatable bonds is 1. The van der Waals surface area contributed by atoms with Gasteiger partial charge in [0.1, 0.15) is 11.3 Å². The Morgan fingerprint density at radius 1 is 1.45 bits per heavy atom. The van der Waals surface area contributed by atoms with Gasteiger partial charge in [-0.05, 0) is 0 Å². The van der Waals surface area contributed by atoms with Crippen LogP contribution in [-0.2, 0) is 0 Å². The maximum Gasteiger partial charge on any atom is 0.339 e. The van der Waals surface area contributed by atoms with Crippen LogP contribution in [0.2, 0.25) is 0 Å². The van der Waals surface area contributed by atoms with Crippen LogP contribution in [0.1, 0.15) is 10.4 Å². The van der Waals surface area contributed by atoms with Crippen LogP contribution in [0, 0.1) is 0 Å². The van der Waals surface area contributed by atoms with Crippen molar-refractivity contribution in [2.45, 2.75) is 0 Å². The molecule has 1 heterocycles. The van der Waals surface area contributed by atoms with Gasteiger partial charge in [0.2, 0.25) is 5.88 Å². The average molecular weight is 155 g/mol. The van der Waals surface area contributed by atoms with Crippen LogP contribution >= 0.6 is 0 Å². The first-order valence-electron chi connectivity index (χ1n) is 2.72. The van der Waals surface area contributed by atoms with E-state index in [0.717, 1.165) is 12.3 Å². The highest BCUT2D eigenvalue weighted by Gasteiger charge is 2.09. The molecule has 0 saturated carbocycles. The van der Waals surface area contributed by atoms with E-state index in [1.54, 1.807) is 0 Å². The molecule has 5 nitrogen and oxygen atoms in total. The number of hydrogen-bond acceptors (Lipinski definition) is 4. The molecule has 0 aromatic carbocycles. The van der Waals surface area contributed by atoms with Crippen molar-refractivity contribution in [1.29, 1.82) is 0 Å². The minimum absolute atomic E-state index is 0.363. The second-order valence-electron chi connectivity index (χ2n) is 1.86. The van der Waals surface area contributed by atoms with E-state index in [4.69, 9.17) is 15.3 Å². The normalized spacial score (nSPS) is 9.45. The van der Waals surface area contributed by atoms with Crippen LogP contribution in [0.5, 0.6) is 11.6 Å². The van der Waals surface area contributed by atoms with Crippen molar-refractivity contribution < 1.29 is 20.1 Å². The highest BCUT2D eigenvalue weighted by Crippen LogP contribution is 2.18. The summed E-state index contributed by atoms with van der Waals surface area (Å²) in [6, 6.07) is 0.873. The van der Waals surface area contributed by atoms with E-state index >= 15 is 0 Å². The lowest BCUT2D eigenvalue weighted by Crippen LogP contribution is -1.96. The molecule has 5 heteroatoms. The Labute approximate surface area is 61.6 Å². The van der Waals surface area contributed by atoms with Gasteiger partial charge in [0.05, 0.1) is 6.20 Å². The monoisotopic (exact) mass is 155 g/mol. The van der Waals surface area contributed by atoms with Gasteiger partial charge in [-0.3, -0.25) is 0 Å². The van der Waals surface area contributed by atoms with Gasteiger partial charge >= 0.3 is 5.97 Å². The SMILES string of the molecule is O=C(O)c1cc(O)ncc1O. The number of aromatic nitrogens is 1. The molecule has 0 atom stereocenters. The van der Waals surface area contributed by atoms with Crippen molar-refractivity contribution in [3.05, 3.63) is 17.8 Å². The fourth-order valence-corrected chi connectivity index (χ4v) is 0.608. The van der Waals surface area contributed by atoms with Crippen molar-refractivity contribution >= 4 is 5.97 Å². The maximum absolute atomic E-state index is 10.3. The lowest BCUT2D eigenvalue weighted by Gasteiger charge is -1.97. The zero-order chi connectivity index (χ0) is 8.43. The molecule has 0 amide bonds. The molecule has 1 aromatic rings. The van der Waals surface area contributed by atoms with Crippen molar-refractivity contribution in [2.24, 2.45) is 0 Å². The number of carboxylic acid groups (broad SMARTS) is 1. The van der Waals surface area contributed by atoms with Gasteiger partial charge in [-0.25, -0.2) is 9.78 Å².